The average Bonchev–Trinajstić information content (AvgIpc) is 2.75. The van der Waals surface area contributed by atoms with Gasteiger partial charge >= 0.3 is 0 Å². The van der Waals surface area contributed by atoms with Gasteiger partial charge in [-0.3, -0.25) is 4.90 Å². The summed E-state index contributed by atoms with van der Waals surface area (Å²) in [4.78, 5) is 1.91. The molecule has 0 aromatic heterocycles. The highest BCUT2D eigenvalue weighted by atomic mass is 16.3. The topological polar surface area (TPSA) is 104 Å². The Kier molecular flexibility index (Phi) is 3.23. The molecule has 18 heavy (non-hydrogen) atoms. The number of β-amino-alcohol motifs (C(OH)–C–C–N with tert-alkyl or cyclic N) is 1. The largest absolute Gasteiger partial charge is 0.504 e. The number of hydrogen-bond acceptors (Lipinski definition) is 6. The van der Waals surface area contributed by atoms with E-state index in [1.807, 2.05) is 4.90 Å². The third-order valence-corrected chi connectivity index (χ3v) is 3.40. The third-order valence-electron chi connectivity index (χ3n) is 3.40. The van der Waals surface area contributed by atoms with Gasteiger partial charge in [-0.15, -0.1) is 0 Å². The predicted molar refractivity (Wildman–Crippen MR) is 63.7 cm³/mol. The highest BCUT2D eigenvalue weighted by Crippen LogP contribution is 2.47. The summed E-state index contributed by atoms with van der Waals surface area (Å²) in [6.07, 6.45) is 0.280. The minimum absolute atomic E-state index is 0.302. The molecule has 6 heteroatoms. The zero-order chi connectivity index (χ0) is 13.4. The van der Waals surface area contributed by atoms with Gasteiger partial charge in [0.15, 0.2) is 11.5 Å². The van der Waals surface area contributed by atoms with Crippen LogP contribution in [0.2, 0.25) is 0 Å². The molecule has 0 radical (unpaired) electrons. The minimum atomic E-state index is -0.715. The van der Waals surface area contributed by atoms with Crippen molar-refractivity contribution in [1.29, 1.82) is 0 Å². The van der Waals surface area contributed by atoms with E-state index in [1.54, 1.807) is 6.92 Å². The average molecular weight is 255 g/mol. The van der Waals surface area contributed by atoms with E-state index in [1.165, 1.54) is 0 Å². The maximum atomic E-state index is 9.80. The second-order valence-corrected chi connectivity index (χ2v) is 4.68. The van der Waals surface area contributed by atoms with Gasteiger partial charge in [-0.25, -0.2) is 0 Å². The number of aromatic hydroxyl groups is 4. The molecule has 0 saturated carbocycles. The second kappa shape index (κ2) is 4.55. The van der Waals surface area contributed by atoms with Crippen molar-refractivity contribution in [1.82, 2.24) is 4.90 Å². The Morgan fingerprint density at radius 1 is 1.06 bits per heavy atom. The van der Waals surface area contributed by atoms with Crippen molar-refractivity contribution in [2.45, 2.75) is 26.0 Å². The molecule has 1 aliphatic heterocycles. The standard InChI is InChI=1S/C12H17NO5/c1-6-8(5-13-3-2-7(14)4-13)10(16)12(18)11(17)9(6)15/h7,14-18H,2-5H2,1H3. The lowest BCUT2D eigenvalue weighted by Gasteiger charge is -2.19. The number of phenolic OH excluding ortho intramolecular Hbond substituents is 4. The first-order valence-electron chi connectivity index (χ1n) is 5.77. The summed E-state index contributed by atoms with van der Waals surface area (Å²) in [5.41, 5.74) is 0.682. The van der Waals surface area contributed by atoms with Crippen LogP contribution in [0.5, 0.6) is 23.0 Å². The quantitative estimate of drug-likeness (QED) is 0.387. The Morgan fingerprint density at radius 2 is 1.67 bits per heavy atom. The highest BCUT2D eigenvalue weighted by Gasteiger charge is 2.25. The van der Waals surface area contributed by atoms with E-state index in [0.717, 1.165) is 0 Å². The molecule has 2 rings (SSSR count). The SMILES string of the molecule is Cc1c(O)c(O)c(O)c(O)c1CN1CCC(O)C1. The normalized spacial score (nSPS) is 20.4. The molecule has 0 bridgehead atoms. The minimum Gasteiger partial charge on any atom is -0.504 e. The predicted octanol–water partition coefficient (Wildman–Crippen LogP) is 0.384. The molecule has 0 aliphatic carbocycles. The maximum Gasteiger partial charge on any atom is 0.204 e. The Bertz CT molecular complexity index is 445. The summed E-state index contributed by atoms with van der Waals surface area (Å²) in [6.45, 7) is 3.02. The Balaban J connectivity index is 2.33. The first-order chi connectivity index (χ1) is 8.41. The van der Waals surface area contributed by atoms with Crippen LogP contribution in [0, 0.1) is 6.92 Å². The molecule has 1 fully saturated rings. The van der Waals surface area contributed by atoms with E-state index in [2.05, 4.69) is 0 Å². The molecule has 6 nitrogen and oxygen atoms in total. The number of benzene rings is 1. The van der Waals surface area contributed by atoms with Gasteiger partial charge in [-0.2, -0.15) is 0 Å². The van der Waals surface area contributed by atoms with Crippen LogP contribution in [0.1, 0.15) is 17.5 Å². The van der Waals surface area contributed by atoms with Crippen molar-refractivity contribution in [3.8, 4) is 23.0 Å². The zero-order valence-electron chi connectivity index (χ0n) is 10.1. The molecule has 1 atom stereocenters. The molecule has 0 amide bonds. The van der Waals surface area contributed by atoms with Crippen molar-refractivity contribution in [2.24, 2.45) is 0 Å². The number of nitrogens with zero attached hydrogens (tertiary/aromatic N) is 1. The number of likely N-dealkylation sites (tertiary alicyclic amines) is 1. The van der Waals surface area contributed by atoms with E-state index in [-0.39, 0.29) is 6.10 Å². The lowest BCUT2D eigenvalue weighted by molar-refractivity contribution is 0.174. The van der Waals surface area contributed by atoms with Crippen LogP contribution in [0.4, 0.5) is 0 Å². The van der Waals surface area contributed by atoms with Gasteiger partial charge < -0.3 is 25.5 Å². The monoisotopic (exact) mass is 255 g/mol. The highest BCUT2D eigenvalue weighted by molar-refractivity contribution is 5.64. The van der Waals surface area contributed by atoms with Crippen LogP contribution in [-0.4, -0.2) is 49.6 Å². The van der Waals surface area contributed by atoms with Crippen LogP contribution in [-0.2, 0) is 6.54 Å². The molecular weight excluding hydrogens is 238 g/mol. The summed E-state index contributed by atoms with van der Waals surface area (Å²) in [5.74, 6) is -2.28. The summed E-state index contributed by atoms with van der Waals surface area (Å²) in [6, 6.07) is 0. The summed E-state index contributed by atoms with van der Waals surface area (Å²) >= 11 is 0. The van der Waals surface area contributed by atoms with Crippen LogP contribution < -0.4 is 0 Å². The summed E-state index contributed by atoms with van der Waals surface area (Å²) in [5, 5.41) is 47.7. The van der Waals surface area contributed by atoms with E-state index in [4.69, 9.17) is 0 Å². The van der Waals surface area contributed by atoms with Gasteiger partial charge in [0, 0.05) is 30.8 Å². The molecule has 1 saturated heterocycles. The third kappa shape index (κ3) is 2.04. The van der Waals surface area contributed by atoms with Crippen molar-refractivity contribution < 1.29 is 25.5 Å². The molecule has 1 unspecified atom stereocenters. The lowest BCUT2D eigenvalue weighted by atomic mass is 10.0. The Morgan fingerprint density at radius 3 is 2.22 bits per heavy atom. The molecule has 100 valence electrons. The first-order valence-corrected chi connectivity index (χ1v) is 5.77. The van der Waals surface area contributed by atoms with Crippen molar-refractivity contribution in [3.63, 3.8) is 0 Å². The molecule has 1 aromatic carbocycles. The summed E-state index contributed by atoms with van der Waals surface area (Å²) in [7, 11) is 0. The fourth-order valence-corrected chi connectivity index (χ4v) is 2.24. The van der Waals surface area contributed by atoms with E-state index >= 15 is 0 Å². The number of aliphatic hydroxyl groups is 1. The molecule has 1 heterocycles. The summed E-state index contributed by atoms with van der Waals surface area (Å²) < 4.78 is 0. The zero-order valence-corrected chi connectivity index (χ0v) is 10.1. The van der Waals surface area contributed by atoms with Gasteiger partial charge in [-0.05, 0) is 13.3 Å². The second-order valence-electron chi connectivity index (χ2n) is 4.68. The molecule has 1 aromatic rings. The van der Waals surface area contributed by atoms with Gasteiger partial charge in [0.2, 0.25) is 11.5 Å². The molecule has 5 N–H and O–H groups in total. The molecule has 0 spiro atoms. The number of phenols is 4. The number of aliphatic hydroxyl groups excluding tert-OH is 1. The van der Waals surface area contributed by atoms with Crippen molar-refractivity contribution in [2.75, 3.05) is 13.1 Å². The van der Waals surface area contributed by atoms with Crippen LogP contribution in [0.25, 0.3) is 0 Å². The fraction of sp³-hybridized carbons (Fsp3) is 0.500. The number of hydrogen-bond donors (Lipinski definition) is 5. The number of rotatable bonds is 2. The van der Waals surface area contributed by atoms with E-state index < -0.39 is 23.0 Å². The van der Waals surface area contributed by atoms with Gasteiger partial charge in [-0.1, -0.05) is 0 Å². The smallest absolute Gasteiger partial charge is 0.204 e. The van der Waals surface area contributed by atoms with Crippen LogP contribution in [0.15, 0.2) is 0 Å². The van der Waals surface area contributed by atoms with Gasteiger partial charge in [0.05, 0.1) is 6.10 Å². The maximum absolute atomic E-state index is 9.80. The van der Waals surface area contributed by atoms with Gasteiger partial charge in [0.25, 0.3) is 0 Å². The van der Waals surface area contributed by atoms with E-state index in [9.17, 15) is 25.5 Å². The Hall–Kier alpha value is -1.66. The molecular formula is C12H17NO5. The first kappa shape index (κ1) is 12.8. The van der Waals surface area contributed by atoms with Crippen molar-refractivity contribution >= 4 is 0 Å². The fourth-order valence-electron chi connectivity index (χ4n) is 2.24. The Labute approximate surface area is 104 Å². The van der Waals surface area contributed by atoms with Crippen molar-refractivity contribution in [3.05, 3.63) is 11.1 Å². The van der Waals surface area contributed by atoms with E-state index in [0.29, 0.717) is 37.2 Å². The van der Waals surface area contributed by atoms with Crippen LogP contribution in [0.3, 0.4) is 0 Å². The van der Waals surface area contributed by atoms with Gasteiger partial charge in [0.1, 0.15) is 0 Å². The van der Waals surface area contributed by atoms with Crippen LogP contribution >= 0.6 is 0 Å². The lowest BCUT2D eigenvalue weighted by Crippen LogP contribution is -2.22. The molecule has 1 aliphatic rings.